The van der Waals surface area contributed by atoms with E-state index in [9.17, 15) is 13.6 Å². The number of amides is 2. The summed E-state index contributed by atoms with van der Waals surface area (Å²) in [6.45, 7) is 4.58. The van der Waals surface area contributed by atoms with E-state index in [2.05, 4.69) is 24.5 Å². The molecule has 0 saturated heterocycles. The molecule has 0 unspecified atom stereocenters. The van der Waals surface area contributed by atoms with Gasteiger partial charge in [-0.2, -0.15) is 0 Å². The summed E-state index contributed by atoms with van der Waals surface area (Å²) in [6.07, 6.45) is 0. The Morgan fingerprint density at radius 1 is 1.08 bits per heavy atom. The lowest BCUT2D eigenvalue weighted by Gasteiger charge is -2.14. The minimum atomic E-state index is -0.827. The van der Waals surface area contributed by atoms with Crippen molar-refractivity contribution in [2.24, 2.45) is 0 Å². The average Bonchev–Trinajstić information content (AvgIpc) is 2.55. The number of ether oxygens (including phenoxy) is 1. The number of benzene rings is 2. The van der Waals surface area contributed by atoms with Crippen LogP contribution in [0, 0.1) is 11.6 Å². The van der Waals surface area contributed by atoms with Gasteiger partial charge in [-0.05, 0) is 29.7 Å². The Bertz CT molecular complexity index is 685. The predicted molar refractivity (Wildman–Crippen MR) is 89.4 cm³/mol. The molecule has 0 aliphatic heterocycles. The Morgan fingerprint density at radius 2 is 1.75 bits per heavy atom. The van der Waals surface area contributed by atoms with Crippen molar-refractivity contribution in [2.75, 3.05) is 18.5 Å². The van der Waals surface area contributed by atoms with Gasteiger partial charge in [0.1, 0.15) is 29.7 Å². The molecule has 4 nitrogen and oxygen atoms in total. The van der Waals surface area contributed by atoms with Crippen molar-refractivity contribution < 1.29 is 18.3 Å². The van der Waals surface area contributed by atoms with Crippen molar-refractivity contribution in [3.63, 3.8) is 0 Å². The third-order valence-corrected chi connectivity index (χ3v) is 3.39. The molecule has 0 aromatic heterocycles. The Hall–Kier alpha value is -2.63. The van der Waals surface area contributed by atoms with Crippen LogP contribution in [0.1, 0.15) is 25.3 Å². The van der Waals surface area contributed by atoms with Crippen molar-refractivity contribution in [1.29, 1.82) is 0 Å². The van der Waals surface area contributed by atoms with Crippen LogP contribution in [0.3, 0.4) is 0 Å². The second kappa shape index (κ2) is 8.29. The first kappa shape index (κ1) is 17.7. The van der Waals surface area contributed by atoms with E-state index in [0.717, 1.165) is 23.4 Å². The van der Waals surface area contributed by atoms with Crippen LogP contribution in [-0.2, 0) is 0 Å². The maximum Gasteiger partial charge on any atom is 0.319 e. The van der Waals surface area contributed by atoms with E-state index in [4.69, 9.17) is 4.74 Å². The molecule has 0 heterocycles. The van der Waals surface area contributed by atoms with Gasteiger partial charge >= 0.3 is 6.03 Å². The van der Waals surface area contributed by atoms with Crippen LogP contribution in [0.15, 0.2) is 42.5 Å². The van der Waals surface area contributed by atoms with Crippen LogP contribution in [0.2, 0.25) is 0 Å². The zero-order chi connectivity index (χ0) is 17.5. The molecule has 2 aromatic rings. The highest BCUT2D eigenvalue weighted by Gasteiger charge is 2.11. The van der Waals surface area contributed by atoms with Crippen LogP contribution in [-0.4, -0.2) is 19.2 Å². The number of anilines is 1. The highest BCUT2D eigenvalue weighted by molar-refractivity contribution is 5.89. The molecule has 128 valence electrons. The smallest absolute Gasteiger partial charge is 0.319 e. The number of hydrogen-bond acceptors (Lipinski definition) is 2. The van der Waals surface area contributed by atoms with Crippen LogP contribution in [0.25, 0.3) is 0 Å². The third-order valence-electron chi connectivity index (χ3n) is 3.39. The van der Waals surface area contributed by atoms with Gasteiger partial charge in [-0.3, -0.25) is 0 Å². The fourth-order valence-electron chi connectivity index (χ4n) is 2.19. The number of nitrogens with one attached hydrogen (secondary N) is 2. The number of carbonyl (C=O) groups is 1. The first-order valence-electron chi connectivity index (χ1n) is 7.69. The van der Waals surface area contributed by atoms with Gasteiger partial charge in [-0.25, -0.2) is 13.6 Å². The molecule has 0 radical (unpaired) electrons. The molecule has 2 rings (SSSR count). The molecule has 0 saturated carbocycles. The Morgan fingerprint density at radius 3 is 2.42 bits per heavy atom. The molecule has 6 heteroatoms. The molecule has 24 heavy (non-hydrogen) atoms. The van der Waals surface area contributed by atoms with Gasteiger partial charge in [0.2, 0.25) is 0 Å². The standard InChI is InChI=1S/C18H20F2N2O2/c1-12(2)13-6-3-4-9-16(13)24-11-10-21-18(23)22-17-14(19)7-5-8-15(17)20/h3-9,12H,10-11H2,1-2H3,(H2,21,22,23). The number of para-hydroxylation sites is 2. The molecule has 2 aromatic carbocycles. The summed E-state index contributed by atoms with van der Waals surface area (Å²) in [5, 5.41) is 4.65. The Labute approximate surface area is 139 Å². The number of hydrogen-bond donors (Lipinski definition) is 2. The van der Waals surface area contributed by atoms with E-state index in [-0.39, 0.29) is 13.2 Å². The summed E-state index contributed by atoms with van der Waals surface area (Å²) in [6, 6.07) is 10.4. The van der Waals surface area contributed by atoms with E-state index >= 15 is 0 Å². The highest BCUT2D eigenvalue weighted by atomic mass is 19.1. The Kier molecular flexibility index (Phi) is 6.12. The third kappa shape index (κ3) is 4.68. The average molecular weight is 334 g/mol. The Balaban J connectivity index is 1.82. The lowest BCUT2D eigenvalue weighted by atomic mass is 10.0. The topological polar surface area (TPSA) is 50.4 Å². The predicted octanol–water partition coefficient (Wildman–Crippen LogP) is 4.29. The summed E-state index contributed by atoms with van der Waals surface area (Å²) >= 11 is 0. The summed E-state index contributed by atoms with van der Waals surface area (Å²) in [5.41, 5.74) is 0.608. The lowest BCUT2D eigenvalue weighted by molar-refractivity contribution is 0.247. The summed E-state index contributed by atoms with van der Waals surface area (Å²) < 4.78 is 32.5. The number of carbonyl (C=O) groups excluding carboxylic acids is 1. The SMILES string of the molecule is CC(C)c1ccccc1OCCNC(=O)Nc1c(F)cccc1F. The van der Waals surface area contributed by atoms with Crippen molar-refractivity contribution in [3.8, 4) is 5.75 Å². The zero-order valence-electron chi connectivity index (χ0n) is 13.6. The minimum Gasteiger partial charge on any atom is -0.491 e. The fourth-order valence-corrected chi connectivity index (χ4v) is 2.19. The first-order chi connectivity index (χ1) is 11.5. The van der Waals surface area contributed by atoms with Crippen LogP contribution >= 0.6 is 0 Å². The van der Waals surface area contributed by atoms with Gasteiger partial charge in [-0.1, -0.05) is 38.1 Å². The fraction of sp³-hybridized carbons (Fsp3) is 0.278. The summed E-state index contributed by atoms with van der Waals surface area (Å²) in [5.74, 6) is -0.573. The molecule has 2 amide bonds. The van der Waals surface area contributed by atoms with Gasteiger partial charge in [-0.15, -0.1) is 0 Å². The maximum atomic E-state index is 13.4. The number of halogens is 2. The van der Waals surface area contributed by atoms with Crippen LogP contribution in [0.4, 0.5) is 19.3 Å². The molecule has 0 spiro atoms. The maximum absolute atomic E-state index is 13.4. The molecule has 0 aliphatic carbocycles. The second-order valence-corrected chi connectivity index (χ2v) is 5.52. The summed E-state index contributed by atoms with van der Waals surface area (Å²) in [7, 11) is 0. The van der Waals surface area contributed by atoms with E-state index in [0.29, 0.717) is 5.92 Å². The minimum absolute atomic E-state index is 0.203. The number of urea groups is 1. The van der Waals surface area contributed by atoms with Crippen molar-refractivity contribution in [3.05, 3.63) is 59.7 Å². The number of rotatable bonds is 6. The first-order valence-corrected chi connectivity index (χ1v) is 7.69. The van der Waals surface area contributed by atoms with Gasteiger partial charge in [0.05, 0.1) is 6.54 Å². The quantitative estimate of drug-likeness (QED) is 0.774. The second-order valence-electron chi connectivity index (χ2n) is 5.52. The van der Waals surface area contributed by atoms with E-state index in [1.54, 1.807) is 0 Å². The van der Waals surface area contributed by atoms with Crippen molar-refractivity contribution in [1.82, 2.24) is 5.32 Å². The zero-order valence-corrected chi connectivity index (χ0v) is 13.6. The van der Waals surface area contributed by atoms with E-state index in [1.807, 2.05) is 24.3 Å². The molecule has 2 N–H and O–H groups in total. The van der Waals surface area contributed by atoms with Gasteiger partial charge in [0.25, 0.3) is 0 Å². The van der Waals surface area contributed by atoms with Crippen LogP contribution in [0.5, 0.6) is 5.75 Å². The molecule has 0 fully saturated rings. The van der Waals surface area contributed by atoms with Crippen molar-refractivity contribution in [2.45, 2.75) is 19.8 Å². The van der Waals surface area contributed by atoms with Crippen LogP contribution < -0.4 is 15.4 Å². The largest absolute Gasteiger partial charge is 0.491 e. The van der Waals surface area contributed by atoms with Gasteiger partial charge in [0.15, 0.2) is 0 Å². The molecular weight excluding hydrogens is 314 g/mol. The molecule has 0 bridgehead atoms. The normalized spacial score (nSPS) is 10.5. The van der Waals surface area contributed by atoms with Gasteiger partial charge in [0, 0.05) is 0 Å². The van der Waals surface area contributed by atoms with E-state index < -0.39 is 23.4 Å². The highest BCUT2D eigenvalue weighted by Crippen LogP contribution is 2.25. The molecule has 0 aliphatic rings. The molecule has 0 atom stereocenters. The lowest BCUT2D eigenvalue weighted by Crippen LogP contribution is -2.32. The van der Waals surface area contributed by atoms with Gasteiger partial charge < -0.3 is 15.4 Å². The van der Waals surface area contributed by atoms with E-state index in [1.165, 1.54) is 6.07 Å². The van der Waals surface area contributed by atoms with Crippen molar-refractivity contribution >= 4 is 11.7 Å². The monoisotopic (exact) mass is 334 g/mol. The molecular formula is C18H20F2N2O2. The summed E-state index contributed by atoms with van der Waals surface area (Å²) in [4.78, 5) is 11.7.